The summed E-state index contributed by atoms with van der Waals surface area (Å²) in [6.07, 6.45) is 4.57. The molecule has 0 heterocycles. The van der Waals surface area contributed by atoms with E-state index >= 15 is 0 Å². The Morgan fingerprint density at radius 3 is 2.71 bits per heavy atom. The van der Waals surface area contributed by atoms with E-state index in [1.165, 1.54) is 30.4 Å². The summed E-state index contributed by atoms with van der Waals surface area (Å²) in [4.78, 5) is 0. The number of ether oxygens (including phenoxy) is 1. The van der Waals surface area contributed by atoms with Crippen LogP contribution in [0.5, 0.6) is 5.75 Å². The predicted molar refractivity (Wildman–Crippen MR) is 71.6 cm³/mol. The number of aliphatic hydroxyl groups is 1. The van der Waals surface area contributed by atoms with E-state index in [0.29, 0.717) is 6.61 Å². The van der Waals surface area contributed by atoms with Crippen LogP contribution in [0.3, 0.4) is 0 Å². The Balaban J connectivity index is 0.000000317. The van der Waals surface area contributed by atoms with E-state index in [2.05, 4.69) is 25.1 Å². The lowest BCUT2D eigenvalue weighted by Gasteiger charge is -2.22. The van der Waals surface area contributed by atoms with Gasteiger partial charge in [-0.15, -0.1) is 0 Å². The van der Waals surface area contributed by atoms with Crippen LogP contribution in [0.15, 0.2) is 18.2 Å². The van der Waals surface area contributed by atoms with Gasteiger partial charge in [-0.1, -0.05) is 26.0 Å². The third kappa shape index (κ3) is 4.04. The molecule has 17 heavy (non-hydrogen) atoms. The smallest absolute Gasteiger partial charge is 0.122 e. The van der Waals surface area contributed by atoms with E-state index in [-0.39, 0.29) is 0 Å². The highest BCUT2D eigenvalue weighted by Crippen LogP contribution is 2.31. The number of fused-ring (bicyclic) bond motifs is 1. The van der Waals surface area contributed by atoms with Crippen molar-refractivity contribution < 1.29 is 9.84 Å². The molecule has 0 spiro atoms. The molecule has 0 amide bonds. The summed E-state index contributed by atoms with van der Waals surface area (Å²) >= 11 is 0. The number of methoxy groups -OCH3 is 1. The average molecular weight is 236 g/mol. The SMILES string of the molecule is CCCO.COc1cccc2c1CC[C@H](C)C2. The molecule has 0 saturated heterocycles. The Kier molecular flexibility index (Phi) is 6.06. The van der Waals surface area contributed by atoms with Crippen molar-refractivity contribution in [1.29, 1.82) is 0 Å². The van der Waals surface area contributed by atoms with Gasteiger partial charge in [-0.2, -0.15) is 0 Å². The molecule has 1 aromatic rings. The minimum Gasteiger partial charge on any atom is -0.496 e. The molecule has 1 aliphatic carbocycles. The van der Waals surface area contributed by atoms with Gasteiger partial charge in [-0.05, 0) is 48.8 Å². The van der Waals surface area contributed by atoms with Crippen molar-refractivity contribution in [2.75, 3.05) is 13.7 Å². The fourth-order valence-electron chi connectivity index (χ4n) is 2.15. The monoisotopic (exact) mass is 236 g/mol. The summed E-state index contributed by atoms with van der Waals surface area (Å²) in [6.45, 7) is 4.57. The topological polar surface area (TPSA) is 29.5 Å². The van der Waals surface area contributed by atoms with Crippen LogP contribution in [0.25, 0.3) is 0 Å². The molecule has 0 fully saturated rings. The Morgan fingerprint density at radius 1 is 1.41 bits per heavy atom. The lowest BCUT2D eigenvalue weighted by atomic mass is 9.84. The molecule has 0 bridgehead atoms. The molecular formula is C15H24O2. The van der Waals surface area contributed by atoms with E-state index in [0.717, 1.165) is 18.1 Å². The van der Waals surface area contributed by atoms with Crippen LogP contribution < -0.4 is 4.74 Å². The first kappa shape index (κ1) is 14.0. The highest BCUT2D eigenvalue weighted by Gasteiger charge is 2.17. The number of hydrogen-bond acceptors (Lipinski definition) is 2. The van der Waals surface area contributed by atoms with Crippen LogP contribution >= 0.6 is 0 Å². The van der Waals surface area contributed by atoms with Crippen LogP contribution in [0.4, 0.5) is 0 Å². The largest absolute Gasteiger partial charge is 0.496 e. The number of rotatable bonds is 2. The molecule has 1 atom stereocenters. The first-order valence-electron chi connectivity index (χ1n) is 6.48. The molecule has 1 aliphatic rings. The maximum Gasteiger partial charge on any atom is 0.122 e. The fraction of sp³-hybridized carbons (Fsp3) is 0.600. The minimum atomic E-state index is 0.319. The maximum absolute atomic E-state index is 7.88. The van der Waals surface area contributed by atoms with E-state index < -0.39 is 0 Å². The lowest BCUT2D eigenvalue weighted by molar-refractivity contribution is 0.295. The minimum absolute atomic E-state index is 0.319. The van der Waals surface area contributed by atoms with Crippen LogP contribution in [-0.2, 0) is 12.8 Å². The molecular weight excluding hydrogens is 212 g/mol. The van der Waals surface area contributed by atoms with E-state index in [9.17, 15) is 0 Å². The molecule has 2 rings (SSSR count). The molecule has 96 valence electrons. The molecule has 0 aromatic heterocycles. The van der Waals surface area contributed by atoms with Gasteiger partial charge < -0.3 is 9.84 Å². The van der Waals surface area contributed by atoms with Crippen molar-refractivity contribution in [3.8, 4) is 5.75 Å². The van der Waals surface area contributed by atoms with Gasteiger partial charge in [-0.3, -0.25) is 0 Å². The van der Waals surface area contributed by atoms with Gasteiger partial charge in [0.15, 0.2) is 0 Å². The van der Waals surface area contributed by atoms with Gasteiger partial charge in [0.05, 0.1) is 7.11 Å². The zero-order valence-electron chi connectivity index (χ0n) is 11.2. The van der Waals surface area contributed by atoms with Gasteiger partial charge in [0.25, 0.3) is 0 Å². The Bertz CT molecular complexity index is 332. The van der Waals surface area contributed by atoms with E-state index in [1.54, 1.807) is 7.11 Å². The van der Waals surface area contributed by atoms with E-state index in [1.807, 2.05) is 6.92 Å². The van der Waals surface area contributed by atoms with Gasteiger partial charge in [-0.25, -0.2) is 0 Å². The summed E-state index contributed by atoms with van der Waals surface area (Å²) in [5, 5.41) is 7.88. The molecule has 1 aromatic carbocycles. The maximum atomic E-state index is 7.88. The van der Waals surface area contributed by atoms with Gasteiger partial charge in [0.1, 0.15) is 5.75 Å². The molecule has 0 aliphatic heterocycles. The summed E-state index contributed by atoms with van der Waals surface area (Å²) in [7, 11) is 1.76. The second kappa shape index (κ2) is 7.33. The fourth-order valence-corrected chi connectivity index (χ4v) is 2.15. The third-order valence-electron chi connectivity index (χ3n) is 3.13. The highest BCUT2D eigenvalue weighted by atomic mass is 16.5. The highest BCUT2D eigenvalue weighted by molar-refractivity contribution is 5.41. The van der Waals surface area contributed by atoms with Crippen molar-refractivity contribution in [3.63, 3.8) is 0 Å². The molecule has 0 radical (unpaired) electrons. The Morgan fingerprint density at radius 2 is 2.12 bits per heavy atom. The zero-order valence-corrected chi connectivity index (χ0v) is 11.2. The summed E-state index contributed by atoms with van der Waals surface area (Å²) in [5.74, 6) is 1.91. The molecule has 1 N–H and O–H groups in total. The summed E-state index contributed by atoms with van der Waals surface area (Å²) in [5.41, 5.74) is 2.92. The molecule has 2 nitrogen and oxygen atoms in total. The van der Waals surface area contributed by atoms with Crippen LogP contribution in [-0.4, -0.2) is 18.8 Å². The zero-order chi connectivity index (χ0) is 12.7. The average Bonchev–Trinajstić information content (AvgIpc) is 2.38. The van der Waals surface area contributed by atoms with Crippen molar-refractivity contribution in [3.05, 3.63) is 29.3 Å². The summed E-state index contributed by atoms with van der Waals surface area (Å²) < 4.78 is 5.35. The second-order valence-electron chi connectivity index (χ2n) is 4.67. The predicted octanol–water partition coefficient (Wildman–Crippen LogP) is 3.21. The number of hydrogen-bond donors (Lipinski definition) is 1. The second-order valence-corrected chi connectivity index (χ2v) is 4.67. The molecule has 2 heteroatoms. The quantitative estimate of drug-likeness (QED) is 0.854. The van der Waals surface area contributed by atoms with Crippen LogP contribution in [0, 0.1) is 5.92 Å². The Labute approximate surface area is 105 Å². The van der Waals surface area contributed by atoms with Crippen molar-refractivity contribution in [2.24, 2.45) is 5.92 Å². The van der Waals surface area contributed by atoms with Gasteiger partial charge in [0.2, 0.25) is 0 Å². The lowest BCUT2D eigenvalue weighted by Crippen LogP contribution is -2.12. The van der Waals surface area contributed by atoms with E-state index in [4.69, 9.17) is 9.84 Å². The molecule has 0 saturated carbocycles. The van der Waals surface area contributed by atoms with Crippen molar-refractivity contribution in [2.45, 2.75) is 39.5 Å². The Hall–Kier alpha value is -1.02. The van der Waals surface area contributed by atoms with Crippen LogP contribution in [0.2, 0.25) is 0 Å². The summed E-state index contributed by atoms with van der Waals surface area (Å²) in [6, 6.07) is 6.39. The van der Waals surface area contributed by atoms with Crippen molar-refractivity contribution in [1.82, 2.24) is 0 Å². The number of benzene rings is 1. The van der Waals surface area contributed by atoms with Gasteiger partial charge >= 0.3 is 0 Å². The van der Waals surface area contributed by atoms with Crippen LogP contribution in [0.1, 0.15) is 37.8 Å². The third-order valence-corrected chi connectivity index (χ3v) is 3.13. The first-order valence-corrected chi connectivity index (χ1v) is 6.48. The van der Waals surface area contributed by atoms with Crippen molar-refractivity contribution >= 4 is 0 Å². The standard InChI is InChI=1S/C12H16O.C3H8O/c1-9-6-7-11-10(8-9)4-3-5-12(11)13-2;1-2-3-4/h3-5,9H,6-8H2,1-2H3;4H,2-3H2,1H3/t9-;/m0./s1. The molecule has 0 unspecified atom stereocenters. The van der Waals surface area contributed by atoms with Gasteiger partial charge in [0, 0.05) is 6.61 Å². The normalized spacial score (nSPS) is 17.8. The first-order chi connectivity index (χ1) is 8.22. The number of aliphatic hydroxyl groups excluding tert-OH is 1.